The first-order chi connectivity index (χ1) is 12.7. The Labute approximate surface area is 147 Å². The molecule has 0 amide bonds. The minimum Gasteiger partial charge on any atom is -0.504 e. The number of rotatable bonds is 0. The maximum atomic E-state index is 12.9. The van der Waals surface area contributed by atoms with Crippen LogP contribution in [0.25, 0.3) is 22.3 Å². The number of fused-ring (bicyclic) bond motifs is 5. The Morgan fingerprint density at radius 3 is 2.19 bits per heavy atom. The van der Waals surface area contributed by atoms with Gasteiger partial charge in [0.1, 0.15) is 5.39 Å². The fourth-order valence-electron chi connectivity index (χ4n) is 2.91. The summed E-state index contributed by atoms with van der Waals surface area (Å²) >= 11 is 0. The Bertz CT molecular complexity index is 1310. The zero-order valence-electron chi connectivity index (χ0n) is 12.8. The lowest BCUT2D eigenvalue weighted by Crippen LogP contribution is -2.13. The zero-order chi connectivity index (χ0) is 19.2. The fraction of sp³-hybridized carbons (Fsp3) is 0. The zero-order valence-corrected chi connectivity index (χ0v) is 13.7. The lowest BCUT2D eigenvalue weighted by atomic mass is 10.1. The second kappa shape index (κ2) is 4.51. The van der Waals surface area contributed by atoms with Crippen molar-refractivity contribution in [2.75, 3.05) is 0 Å². The number of phenolic OH excluding ortho intramolecular Hbond substituents is 4. The van der Waals surface area contributed by atoms with E-state index in [1.54, 1.807) is 0 Å². The molecular formula is C15H7O11P. The van der Waals surface area contributed by atoms with Crippen molar-refractivity contribution in [3.05, 3.63) is 22.4 Å². The summed E-state index contributed by atoms with van der Waals surface area (Å²) in [5.74, 6) is -6.98. The van der Waals surface area contributed by atoms with Crippen LogP contribution in [0.5, 0.6) is 46.0 Å². The van der Waals surface area contributed by atoms with Crippen LogP contribution < -0.4 is 19.0 Å². The molecule has 5 N–H and O–H groups in total. The highest BCUT2D eigenvalue weighted by molar-refractivity contribution is 7.50. The van der Waals surface area contributed by atoms with E-state index in [1.165, 1.54) is 0 Å². The van der Waals surface area contributed by atoms with Gasteiger partial charge in [-0.05, 0) is 12.1 Å². The van der Waals surface area contributed by atoms with Crippen LogP contribution in [0.3, 0.4) is 0 Å². The number of hydrogen-bond acceptors (Lipinski definition) is 11. The first-order valence-electron chi connectivity index (χ1n) is 7.23. The van der Waals surface area contributed by atoms with Gasteiger partial charge < -0.3 is 43.5 Å². The van der Waals surface area contributed by atoms with E-state index < -0.39 is 76.0 Å². The molecule has 0 fully saturated rings. The molecule has 12 heteroatoms. The molecule has 11 nitrogen and oxygen atoms in total. The molecule has 0 spiro atoms. The number of hydrogen-bond donors (Lipinski definition) is 5. The summed E-state index contributed by atoms with van der Waals surface area (Å²) in [6.45, 7) is 0. The number of phosphoric ester groups is 1. The van der Waals surface area contributed by atoms with E-state index in [0.717, 1.165) is 12.1 Å². The topological polar surface area (TPSA) is 176 Å². The summed E-state index contributed by atoms with van der Waals surface area (Å²) in [6.07, 6.45) is 0. The summed E-state index contributed by atoms with van der Waals surface area (Å²) in [4.78, 5) is 12.6. The van der Waals surface area contributed by atoms with Gasteiger partial charge in [0.25, 0.3) is 0 Å². The lowest BCUT2D eigenvalue weighted by Gasteiger charge is -2.25. The Kier molecular flexibility index (Phi) is 2.60. The quantitative estimate of drug-likeness (QED) is 0.279. The maximum absolute atomic E-state index is 12.9. The van der Waals surface area contributed by atoms with Gasteiger partial charge in [-0.25, -0.2) is 0 Å². The van der Waals surface area contributed by atoms with Crippen molar-refractivity contribution in [2.45, 2.75) is 0 Å². The highest BCUT2D eigenvalue weighted by Gasteiger charge is 2.47. The number of phosphoric acid groups is 1. The molecule has 1 atom stereocenters. The highest BCUT2D eigenvalue weighted by atomic mass is 31.2. The first-order valence-corrected chi connectivity index (χ1v) is 8.69. The first kappa shape index (κ1) is 15.5. The van der Waals surface area contributed by atoms with Crippen molar-refractivity contribution in [2.24, 2.45) is 0 Å². The van der Waals surface area contributed by atoms with Gasteiger partial charge in [0.2, 0.25) is 34.2 Å². The second-order valence-electron chi connectivity index (χ2n) is 5.70. The van der Waals surface area contributed by atoms with Crippen LogP contribution >= 0.6 is 7.82 Å². The van der Waals surface area contributed by atoms with Gasteiger partial charge in [-0.1, -0.05) is 0 Å². The number of benzene rings is 2. The van der Waals surface area contributed by atoms with Crippen LogP contribution in [-0.2, 0) is 4.57 Å². The smallest absolute Gasteiger partial charge is 0.504 e. The molecule has 2 aromatic carbocycles. The molecule has 0 saturated heterocycles. The Morgan fingerprint density at radius 1 is 0.778 bits per heavy atom. The number of aromatic hydroxyl groups is 5. The molecule has 0 radical (unpaired) electrons. The molecule has 0 aliphatic carbocycles. The molecule has 5 bridgehead atoms. The standard InChI is InChI=1S/C15H7O11P/c16-4-2-1-3-11-9(20)7(18)5-8(19)14-10(21)15(13(5)23-11)26-27(22,25-14)24-12(3)6(4)17/h1-2,16-17,19-21H. The molecule has 2 aliphatic heterocycles. The predicted molar refractivity (Wildman–Crippen MR) is 85.7 cm³/mol. The molecule has 1 unspecified atom stereocenters. The van der Waals surface area contributed by atoms with Crippen molar-refractivity contribution in [1.29, 1.82) is 0 Å². The average Bonchev–Trinajstić information content (AvgIpc) is 2.64. The third kappa shape index (κ3) is 1.75. The molecule has 3 aromatic rings. The summed E-state index contributed by atoms with van der Waals surface area (Å²) in [6, 6.07) is 2.11. The van der Waals surface area contributed by atoms with Gasteiger partial charge in [0, 0.05) is 0 Å². The van der Waals surface area contributed by atoms with Crippen molar-refractivity contribution in [3.8, 4) is 57.3 Å². The highest BCUT2D eigenvalue weighted by Crippen LogP contribution is 2.66. The Balaban J connectivity index is 2.08. The largest absolute Gasteiger partial charge is 0.647 e. The predicted octanol–water partition coefficient (Wildman–Crippen LogP) is 2.26. The maximum Gasteiger partial charge on any atom is 0.647 e. The summed E-state index contributed by atoms with van der Waals surface area (Å²) in [5.41, 5.74) is -1.92. The molecule has 2 aliphatic rings. The SMILES string of the molecule is O=c1c(O)c2oc3c4c(O)c(c(O)c13)OP(=O)(Oc1c-2ccc(O)c1O)O4. The van der Waals surface area contributed by atoms with Gasteiger partial charge in [-0.3, -0.25) is 4.79 Å². The fourth-order valence-corrected chi connectivity index (χ4v) is 4.22. The van der Waals surface area contributed by atoms with Gasteiger partial charge >= 0.3 is 7.82 Å². The van der Waals surface area contributed by atoms with Gasteiger partial charge in [-0.15, -0.1) is 0 Å². The van der Waals surface area contributed by atoms with Crippen molar-refractivity contribution in [3.63, 3.8) is 0 Å². The minimum atomic E-state index is -4.66. The number of phenols is 4. The molecule has 27 heavy (non-hydrogen) atoms. The summed E-state index contributed by atoms with van der Waals surface area (Å²) in [5, 5.41) is 49.9. The third-order valence-corrected chi connectivity index (χ3v) is 5.36. The Hall–Kier alpha value is -3.72. The summed E-state index contributed by atoms with van der Waals surface area (Å²) in [7, 11) is -4.66. The molecule has 5 rings (SSSR count). The minimum absolute atomic E-state index is 0.272. The van der Waals surface area contributed by atoms with Crippen LogP contribution in [0.15, 0.2) is 21.3 Å². The van der Waals surface area contributed by atoms with E-state index in [1.807, 2.05) is 0 Å². The van der Waals surface area contributed by atoms with Crippen LogP contribution in [0.2, 0.25) is 0 Å². The van der Waals surface area contributed by atoms with Crippen molar-refractivity contribution in [1.82, 2.24) is 0 Å². The van der Waals surface area contributed by atoms with Crippen LogP contribution in [0, 0.1) is 0 Å². The molecule has 3 heterocycles. The van der Waals surface area contributed by atoms with E-state index in [-0.39, 0.29) is 5.56 Å². The van der Waals surface area contributed by atoms with Crippen molar-refractivity contribution >= 4 is 18.8 Å². The van der Waals surface area contributed by atoms with Crippen LogP contribution in [-0.4, -0.2) is 25.5 Å². The van der Waals surface area contributed by atoms with Crippen LogP contribution in [0.1, 0.15) is 0 Å². The van der Waals surface area contributed by atoms with Gasteiger partial charge in [0.15, 0.2) is 28.6 Å². The molecule has 1 aromatic heterocycles. The average molecular weight is 394 g/mol. The molecular weight excluding hydrogens is 387 g/mol. The van der Waals surface area contributed by atoms with E-state index in [0.29, 0.717) is 0 Å². The normalized spacial score (nSPS) is 19.0. The Morgan fingerprint density at radius 2 is 1.44 bits per heavy atom. The van der Waals surface area contributed by atoms with Crippen LogP contribution in [0.4, 0.5) is 0 Å². The molecule has 0 saturated carbocycles. The van der Waals surface area contributed by atoms with E-state index in [4.69, 9.17) is 18.0 Å². The summed E-state index contributed by atoms with van der Waals surface area (Å²) < 4.78 is 33.4. The van der Waals surface area contributed by atoms with E-state index in [2.05, 4.69) is 0 Å². The monoisotopic (exact) mass is 394 g/mol. The van der Waals surface area contributed by atoms with E-state index in [9.17, 15) is 34.9 Å². The molecule has 138 valence electrons. The lowest BCUT2D eigenvalue weighted by molar-refractivity contribution is 0.258. The van der Waals surface area contributed by atoms with Crippen molar-refractivity contribution < 1.29 is 48.1 Å². The second-order valence-corrected chi connectivity index (χ2v) is 7.14. The van der Waals surface area contributed by atoms with Gasteiger partial charge in [-0.2, -0.15) is 4.57 Å². The third-order valence-electron chi connectivity index (χ3n) is 4.14. The van der Waals surface area contributed by atoms with E-state index >= 15 is 0 Å². The van der Waals surface area contributed by atoms with Gasteiger partial charge in [0.05, 0.1) is 5.56 Å².